The number of anilines is 1. The zero-order valence-corrected chi connectivity index (χ0v) is 10.3. The van der Waals surface area contributed by atoms with E-state index in [0.29, 0.717) is 6.61 Å². The lowest BCUT2D eigenvalue weighted by molar-refractivity contribution is 0.189. The van der Waals surface area contributed by atoms with Gasteiger partial charge in [0.15, 0.2) is 0 Å². The molecule has 1 aliphatic rings. The Morgan fingerprint density at radius 2 is 2.25 bits per heavy atom. The van der Waals surface area contributed by atoms with Crippen molar-refractivity contribution >= 4 is 27.6 Å². The van der Waals surface area contributed by atoms with E-state index in [9.17, 15) is 4.79 Å². The molecular weight excluding hydrogens is 272 g/mol. The third-order valence-corrected chi connectivity index (χ3v) is 3.08. The molecule has 1 saturated heterocycles. The molecule has 86 valence electrons. The molecule has 1 aromatic carbocycles. The maximum Gasteiger partial charge on any atom is 0.319 e. The van der Waals surface area contributed by atoms with E-state index in [-0.39, 0.29) is 12.1 Å². The summed E-state index contributed by atoms with van der Waals surface area (Å²) >= 11 is 3.37. The van der Waals surface area contributed by atoms with Crippen LogP contribution in [0, 0.1) is 0 Å². The van der Waals surface area contributed by atoms with Crippen molar-refractivity contribution < 1.29 is 9.53 Å². The maximum atomic E-state index is 11.6. The molecule has 0 spiro atoms. The van der Waals surface area contributed by atoms with Crippen molar-refractivity contribution in [1.82, 2.24) is 5.32 Å². The molecule has 1 aromatic rings. The number of para-hydroxylation sites is 1. The Morgan fingerprint density at radius 3 is 2.94 bits per heavy atom. The fourth-order valence-electron chi connectivity index (χ4n) is 1.55. The molecule has 2 N–H and O–H groups in total. The van der Waals surface area contributed by atoms with Gasteiger partial charge in [0.2, 0.25) is 0 Å². The minimum absolute atomic E-state index is 0.127. The van der Waals surface area contributed by atoms with Crippen LogP contribution in [0.5, 0.6) is 0 Å². The maximum absolute atomic E-state index is 11.6. The molecule has 0 unspecified atom stereocenters. The van der Waals surface area contributed by atoms with Crippen LogP contribution >= 0.6 is 15.9 Å². The number of halogens is 1. The van der Waals surface area contributed by atoms with Gasteiger partial charge in [-0.05, 0) is 34.5 Å². The number of ether oxygens (including phenoxy) is 1. The second kappa shape index (κ2) is 5.32. The molecule has 1 heterocycles. The van der Waals surface area contributed by atoms with Gasteiger partial charge in [-0.15, -0.1) is 0 Å². The van der Waals surface area contributed by atoms with Gasteiger partial charge in [0.25, 0.3) is 0 Å². The smallest absolute Gasteiger partial charge is 0.319 e. The summed E-state index contributed by atoms with van der Waals surface area (Å²) in [7, 11) is 0. The summed E-state index contributed by atoms with van der Waals surface area (Å²) in [5.74, 6) is 0. The number of hydrogen-bond acceptors (Lipinski definition) is 2. The summed E-state index contributed by atoms with van der Waals surface area (Å²) in [5, 5.41) is 5.64. The predicted molar refractivity (Wildman–Crippen MR) is 65.5 cm³/mol. The van der Waals surface area contributed by atoms with E-state index in [1.165, 1.54) is 0 Å². The van der Waals surface area contributed by atoms with Crippen LogP contribution in [0.1, 0.15) is 6.42 Å². The van der Waals surface area contributed by atoms with Crippen molar-refractivity contribution in [3.8, 4) is 0 Å². The molecule has 4 nitrogen and oxygen atoms in total. The van der Waals surface area contributed by atoms with Crippen molar-refractivity contribution in [2.45, 2.75) is 12.5 Å². The van der Waals surface area contributed by atoms with E-state index in [1.54, 1.807) is 0 Å². The van der Waals surface area contributed by atoms with Crippen LogP contribution in [-0.2, 0) is 4.74 Å². The number of benzene rings is 1. The molecule has 0 aromatic heterocycles. The van der Waals surface area contributed by atoms with E-state index in [2.05, 4.69) is 26.6 Å². The Morgan fingerprint density at radius 1 is 1.44 bits per heavy atom. The van der Waals surface area contributed by atoms with Gasteiger partial charge >= 0.3 is 6.03 Å². The highest BCUT2D eigenvalue weighted by molar-refractivity contribution is 9.10. The Bertz CT molecular complexity index is 378. The first kappa shape index (κ1) is 11.4. The number of hydrogen-bond donors (Lipinski definition) is 2. The second-order valence-electron chi connectivity index (χ2n) is 3.64. The first-order valence-corrected chi connectivity index (χ1v) is 5.95. The molecule has 2 rings (SSSR count). The summed E-state index contributed by atoms with van der Waals surface area (Å²) in [6, 6.07) is 7.44. The van der Waals surface area contributed by atoms with Gasteiger partial charge in [0.1, 0.15) is 0 Å². The van der Waals surface area contributed by atoms with Crippen LogP contribution in [-0.4, -0.2) is 25.3 Å². The topological polar surface area (TPSA) is 50.4 Å². The SMILES string of the molecule is O=C(Nc1ccccc1Br)N[C@@H]1CCOC1. The third-order valence-electron chi connectivity index (χ3n) is 2.39. The molecule has 2 amide bonds. The Kier molecular flexibility index (Phi) is 3.79. The number of rotatable bonds is 2. The number of amides is 2. The Hall–Kier alpha value is -1.07. The highest BCUT2D eigenvalue weighted by atomic mass is 79.9. The zero-order chi connectivity index (χ0) is 11.4. The lowest BCUT2D eigenvalue weighted by atomic mass is 10.3. The molecular formula is C11H13BrN2O2. The molecule has 1 fully saturated rings. The van der Waals surface area contributed by atoms with Gasteiger partial charge in [0.05, 0.1) is 18.3 Å². The molecule has 1 atom stereocenters. The largest absolute Gasteiger partial charge is 0.379 e. The monoisotopic (exact) mass is 284 g/mol. The normalized spacial score (nSPS) is 19.4. The highest BCUT2D eigenvalue weighted by Crippen LogP contribution is 2.20. The van der Waals surface area contributed by atoms with E-state index < -0.39 is 0 Å². The fraction of sp³-hybridized carbons (Fsp3) is 0.364. The first-order chi connectivity index (χ1) is 7.75. The molecule has 1 aliphatic heterocycles. The van der Waals surface area contributed by atoms with Gasteiger partial charge < -0.3 is 15.4 Å². The standard InChI is InChI=1S/C11H13BrN2O2/c12-9-3-1-2-4-10(9)14-11(15)13-8-5-6-16-7-8/h1-4,8H,5-7H2,(H2,13,14,15)/t8-/m1/s1. The number of nitrogens with one attached hydrogen (secondary N) is 2. The lowest BCUT2D eigenvalue weighted by Gasteiger charge is -2.12. The lowest BCUT2D eigenvalue weighted by Crippen LogP contribution is -2.38. The number of carbonyl (C=O) groups excluding carboxylic acids is 1. The van der Waals surface area contributed by atoms with Crippen molar-refractivity contribution in [3.63, 3.8) is 0 Å². The van der Waals surface area contributed by atoms with Gasteiger partial charge in [-0.25, -0.2) is 4.79 Å². The number of urea groups is 1. The van der Waals surface area contributed by atoms with Gasteiger partial charge in [-0.3, -0.25) is 0 Å². The number of carbonyl (C=O) groups is 1. The minimum Gasteiger partial charge on any atom is -0.379 e. The summed E-state index contributed by atoms with van der Waals surface area (Å²) in [4.78, 5) is 11.6. The summed E-state index contributed by atoms with van der Waals surface area (Å²) in [6.07, 6.45) is 0.878. The predicted octanol–water partition coefficient (Wildman–Crippen LogP) is 2.36. The van der Waals surface area contributed by atoms with E-state index >= 15 is 0 Å². The van der Waals surface area contributed by atoms with E-state index in [0.717, 1.165) is 23.2 Å². The Balaban J connectivity index is 1.89. The first-order valence-electron chi connectivity index (χ1n) is 5.15. The molecule has 5 heteroatoms. The minimum atomic E-state index is -0.192. The van der Waals surface area contributed by atoms with Crippen molar-refractivity contribution in [1.29, 1.82) is 0 Å². The molecule has 16 heavy (non-hydrogen) atoms. The summed E-state index contributed by atoms with van der Waals surface area (Å²) < 4.78 is 6.05. The van der Waals surface area contributed by atoms with Gasteiger partial charge in [0, 0.05) is 11.1 Å². The van der Waals surface area contributed by atoms with Crippen LogP contribution < -0.4 is 10.6 Å². The van der Waals surface area contributed by atoms with Gasteiger partial charge in [-0.1, -0.05) is 12.1 Å². The zero-order valence-electron chi connectivity index (χ0n) is 8.70. The molecule has 0 saturated carbocycles. The van der Waals surface area contributed by atoms with Crippen molar-refractivity contribution in [3.05, 3.63) is 28.7 Å². The van der Waals surface area contributed by atoms with E-state index in [4.69, 9.17) is 4.74 Å². The fourth-order valence-corrected chi connectivity index (χ4v) is 1.94. The van der Waals surface area contributed by atoms with Crippen LogP contribution in [0.2, 0.25) is 0 Å². The molecule has 0 radical (unpaired) electrons. The van der Waals surface area contributed by atoms with Crippen LogP contribution in [0.25, 0.3) is 0 Å². The second-order valence-corrected chi connectivity index (χ2v) is 4.49. The molecule has 0 aliphatic carbocycles. The average Bonchev–Trinajstić information content (AvgIpc) is 2.74. The summed E-state index contributed by atoms with van der Waals surface area (Å²) in [5.41, 5.74) is 0.763. The third kappa shape index (κ3) is 2.96. The van der Waals surface area contributed by atoms with Crippen LogP contribution in [0.4, 0.5) is 10.5 Å². The van der Waals surface area contributed by atoms with Crippen molar-refractivity contribution in [2.24, 2.45) is 0 Å². The quantitative estimate of drug-likeness (QED) is 0.876. The van der Waals surface area contributed by atoms with E-state index in [1.807, 2.05) is 24.3 Å². The van der Waals surface area contributed by atoms with Crippen LogP contribution in [0.15, 0.2) is 28.7 Å². The highest BCUT2D eigenvalue weighted by Gasteiger charge is 2.17. The average molecular weight is 285 g/mol. The van der Waals surface area contributed by atoms with Gasteiger partial charge in [-0.2, -0.15) is 0 Å². The Labute approximate surface area is 102 Å². The molecule has 0 bridgehead atoms. The van der Waals surface area contributed by atoms with Crippen LogP contribution in [0.3, 0.4) is 0 Å². The van der Waals surface area contributed by atoms with Crippen molar-refractivity contribution in [2.75, 3.05) is 18.5 Å². The summed E-state index contributed by atoms with van der Waals surface area (Å²) in [6.45, 7) is 1.32.